The van der Waals surface area contributed by atoms with Gasteiger partial charge in [-0.3, -0.25) is 4.68 Å². The maximum absolute atomic E-state index is 5.90. The quantitative estimate of drug-likeness (QED) is 0.794. The molecule has 120 valence electrons. The van der Waals surface area contributed by atoms with Crippen molar-refractivity contribution in [2.45, 2.75) is 58.7 Å². The molecule has 2 unspecified atom stereocenters. The van der Waals surface area contributed by atoms with E-state index in [4.69, 9.17) is 9.47 Å². The molecule has 5 heteroatoms. The van der Waals surface area contributed by atoms with Gasteiger partial charge in [-0.1, -0.05) is 13.8 Å². The normalized spacial score (nSPS) is 20.6. The van der Waals surface area contributed by atoms with Crippen molar-refractivity contribution in [1.29, 1.82) is 0 Å². The van der Waals surface area contributed by atoms with Crippen molar-refractivity contribution in [1.82, 2.24) is 15.1 Å². The fourth-order valence-electron chi connectivity index (χ4n) is 2.75. The minimum Gasteiger partial charge on any atom is -0.376 e. The third-order valence-corrected chi connectivity index (χ3v) is 3.95. The van der Waals surface area contributed by atoms with Crippen LogP contribution in [0.4, 0.5) is 0 Å². The topological polar surface area (TPSA) is 48.3 Å². The molecule has 1 aromatic heterocycles. The van der Waals surface area contributed by atoms with Gasteiger partial charge in [-0.05, 0) is 32.4 Å². The van der Waals surface area contributed by atoms with Crippen LogP contribution >= 0.6 is 0 Å². The number of rotatable bonds is 8. The van der Waals surface area contributed by atoms with Crippen LogP contribution in [-0.4, -0.2) is 48.3 Å². The highest BCUT2D eigenvalue weighted by molar-refractivity contribution is 5.12. The van der Waals surface area contributed by atoms with Crippen molar-refractivity contribution in [3.05, 3.63) is 17.5 Å². The molecule has 5 nitrogen and oxygen atoms in total. The molecular formula is C16H29N3O2. The Hall–Kier alpha value is -0.910. The summed E-state index contributed by atoms with van der Waals surface area (Å²) in [6.45, 7) is 10.5. The molecule has 0 amide bonds. The molecule has 0 saturated carbocycles. The lowest BCUT2D eigenvalue weighted by atomic mass is 10.0. The summed E-state index contributed by atoms with van der Waals surface area (Å²) >= 11 is 0. The van der Waals surface area contributed by atoms with Crippen LogP contribution in [0.5, 0.6) is 0 Å². The van der Waals surface area contributed by atoms with Crippen molar-refractivity contribution in [3.8, 4) is 0 Å². The van der Waals surface area contributed by atoms with E-state index < -0.39 is 0 Å². The molecule has 1 N–H and O–H groups in total. The second-order valence-corrected chi connectivity index (χ2v) is 5.55. The number of nitrogens with zero attached hydrogens (tertiary/aromatic N) is 2. The van der Waals surface area contributed by atoms with Crippen molar-refractivity contribution in [2.24, 2.45) is 0 Å². The standard InChI is InChI=1S/C16H29N3O2/c1-4-7-17-15(16-12-20-8-9-21-16)11-14-10-13(5-2)18-19(14)6-3/h10,15-17H,4-9,11-12H2,1-3H3. The molecule has 1 saturated heterocycles. The Morgan fingerprint density at radius 3 is 2.86 bits per heavy atom. The second-order valence-electron chi connectivity index (χ2n) is 5.55. The first-order valence-corrected chi connectivity index (χ1v) is 8.26. The maximum Gasteiger partial charge on any atom is 0.0965 e. The summed E-state index contributed by atoms with van der Waals surface area (Å²) in [6.07, 6.45) is 3.18. The van der Waals surface area contributed by atoms with Gasteiger partial charge in [0, 0.05) is 24.7 Å². The molecule has 1 aliphatic heterocycles. The molecule has 0 bridgehead atoms. The van der Waals surface area contributed by atoms with Gasteiger partial charge in [0.25, 0.3) is 0 Å². The number of aryl methyl sites for hydroxylation is 2. The number of hydrogen-bond acceptors (Lipinski definition) is 4. The Bertz CT molecular complexity index is 414. The summed E-state index contributed by atoms with van der Waals surface area (Å²) in [5, 5.41) is 8.26. The average Bonchev–Trinajstić information content (AvgIpc) is 2.94. The molecule has 0 aliphatic carbocycles. The zero-order valence-electron chi connectivity index (χ0n) is 13.6. The molecule has 2 heterocycles. The van der Waals surface area contributed by atoms with Crippen molar-refractivity contribution >= 4 is 0 Å². The molecule has 0 spiro atoms. The van der Waals surface area contributed by atoms with Gasteiger partial charge in [0.2, 0.25) is 0 Å². The fourth-order valence-corrected chi connectivity index (χ4v) is 2.75. The molecule has 0 radical (unpaired) electrons. The average molecular weight is 295 g/mol. The third kappa shape index (κ3) is 4.53. The van der Waals surface area contributed by atoms with Crippen LogP contribution in [0.25, 0.3) is 0 Å². The molecule has 1 fully saturated rings. The third-order valence-electron chi connectivity index (χ3n) is 3.95. The van der Waals surface area contributed by atoms with Gasteiger partial charge >= 0.3 is 0 Å². The van der Waals surface area contributed by atoms with E-state index in [1.54, 1.807) is 0 Å². The van der Waals surface area contributed by atoms with Crippen LogP contribution in [0.1, 0.15) is 38.6 Å². The van der Waals surface area contributed by atoms with Crippen LogP contribution in [0.3, 0.4) is 0 Å². The minimum atomic E-state index is 0.135. The zero-order valence-corrected chi connectivity index (χ0v) is 13.6. The van der Waals surface area contributed by atoms with Crippen molar-refractivity contribution in [2.75, 3.05) is 26.4 Å². The van der Waals surface area contributed by atoms with E-state index >= 15 is 0 Å². The number of nitrogens with one attached hydrogen (secondary N) is 1. The number of hydrogen-bond donors (Lipinski definition) is 1. The highest BCUT2D eigenvalue weighted by Gasteiger charge is 2.26. The van der Waals surface area contributed by atoms with E-state index in [0.717, 1.165) is 32.4 Å². The summed E-state index contributed by atoms with van der Waals surface area (Å²) in [5.74, 6) is 0. The van der Waals surface area contributed by atoms with E-state index in [-0.39, 0.29) is 12.1 Å². The van der Waals surface area contributed by atoms with E-state index in [2.05, 4.69) is 41.9 Å². The molecule has 2 rings (SSSR count). The maximum atomic E-state index is 5.90. The molecule has 2 atom stereocenters. The van der Waals surface area contributed by atoms with Gasteiger partial charge in [-0.2, -0.15) is 5.10 Å². The van der Waals surface area contributed by atoms with Gasteiger partial charge in [0.15, 0.2) is 0 Å². The number of ether oxygens (including phenoxy) is 2. The van der Waals surface area contributed by atoms with E-state index in [1.807, 2.05) is 0 Å². The summed E-state index contributed by atoms with van der Waals surface area (Å²) < 4.78 is 13.6. The van der Waals surface area contributed by atoms with Crippen LogP contribution in [0.2, 0.25) is 0 Å². The van der Waals surface area contributed by atoms with Crippen LogP contribution < -0.4 is 5.32 Å². The predicted octanol–water partition coefficient (Wildman–Crippen LogP) is 1.79. The van der Waals surface area contributed by atoms with Gasteiger partial charge in [-0.15, -0.1) is 0 Å². The molecule has 0 aromatic carbocycles. The summed E-state index contributed by atoms with van der Waals surface area (Å²) in [6, 6.07) is 2.52. The van der Waals surface area contributed by atoms with Gasteiger partial charge in [0.1, 0.15) is 0 Å². The highest BCUT2D eigenvalue weighted by Crippen LogP contribution is 2.14. The molecule has 1 aliphatic rings. The van der Waals surface area contributed by atoms with Crippen LogP contribution in [0.15, 0.2) is 6.07 Å². The highest BCUT2D eigenvalue weighted by atomic mass is 16.6. The zero-order chi connectivity index (χ0) is 15.1. The Labute approximate surface area is 128 Å². The lowest BCUT2D eigenvalue weighted by Gasteiger charge is -2.31. The first-order valence-electron chi connectivity index (χ1n) is 8.26. The largest absolute Gasteiger partial charge is 0.376 e. The summed E-state index contributed by atoms with van der Waals surface area (Å²) in [4.78, 5) is 0. The van der Waals surface area contributed by atoms with E-state index in [1.165, 1.54) is 11.4 Å². The summed E-state index contributed by atoms with van der Waals surface area (Å²) in [7, 11) is 0. The van der Waals surface area contributed by atoms with Crippen molar-refractivity contribution < 1.29 is 9.47 Å². The smallest absolute Gasteiger partial charge is 0.0965 e. The van der Waals surface area contributed by atoms with Crippen molar-refractivity contribution in [3.63, 3.8) is 0 Å². The van der Waals surface area contributed by atoms with E-state index in [9.17, 15) is 0 Å². The Morgan fingerprint density at radius 1 is 1.38 bits per heavy atom. The molecular weight excluding hydrogens is 266 g/mol. The first-order chi connectivity index (χ1) is 10.3. The predicted molar refractivity (Wildman–Crippen MR) is 83.6 cm³/mol. The Morgan fingerprint density at radius 2 is 2.24 bits per heavy atom. The Kier molecular flexibility index (Phi) is 6.67. The minimum absolute atomic E-state index is 0.135. The van der Waals surface area contributed by atoms with Gasteiger partial charge in [0.05, 0.1) is 31.6 Å². The van der Waals surface area contributed by atoms with Gasteiger partial charge < -0.3 is 14.8 Å². The molecule has 21 heavy (non-hydrogen) atoms. The van der Waals surface area contributed by atoms with Crippen LogP contribution in [0, 0.1) is 0 Å². The number of aromatic nitrogens is 2. The van der Waals surface area contributed by atoms with Gasteiger partial charge in [-0.25, -0.2) is 0 Å². The fraction of sp³-hybridized carbons (Fsp3) is 0.812. The SMILES string of the molecule is CCCNC(Cc1cc(CC)nn1CC)C1COCCO1. The van der Waals surface area contributed by atoms with Crippen LogP contribution in [-0.2, 0) is 28.9 Å². The van der Waals surface area contributed by atoms with E-state index in [0.29, 0.717) is 19.8 Å². The molecule has 1 aromatic rings. The first kappa shape index (κ1) is 16.5. The monoisotopic (exact) mass is 295 g/mol. The second kappa shape index (κ2) is 8.51. The lowest BCUT2D eigenvalue weighted by Crippen LogP contribution is -2.48. The summed E-state index contributed by atoms with van der Waals surface area (Å²) in [5.41, 5.74) is 2.46. The lowest BCUT2D eigenvalue weighted by molar-refractivity contribution is -0.101. The Balaban J connectivity index is 2.07.